The van der Waals surface area contributed by atoms with E-state index in [2.05, 4.69) is 18.9 Å². The summed E-state index contributed by atoms with van der Waals surface area (Å²) in [5.41, 5.74) is 0.785. The van der Waals surface area contributed by atoms with Gasteiger partial charge in [0, 0.05) is 12.6 Å². The van der Waals surface area contributed by atoms with Gasteiger partial charge in [0.2, 0.25) is 0 Å². The van der Waals surface area contributed by atoms with Gasteiger partial charge < -0.3 is 0 Å². The molecule has 0 radical (unpaired) electrons. The van der Waals surface area contributed by atoms with E-state index in [1.54, 1.807) is 0 Å². The van der Waals surface area contributed by atoms with Gasteiger partial charge in [-0.25, -0.2) is 8.42 Å². The topological polar surface area (TPSA) is 69.0 Å². The van der Waals surface area contributed by atoms with Crippen LogP contribution in [0.5, 0.6) is 0 Å². The normalized spacial score (nSPS) is 21.0. The number of ketones is 1. The van der Waals surface area contributed by atoms with Gasteiger partial charge in [0.25, 0.3) is 0 Å². The van der Waals surface area contributed by atoms with Crippen LogP contribution in [0.4, 0.5) is 0 Å². The Hall–Kier alpha value is -1.17. The van der Waals surface area contributed by atoms with Gasteiger partial charge in [-0.15, -0.1) is 0 Å². The zero-order valence-electron chi connectivity index (χ0n) is 12.8. The molecule has 1 aromatic rings. The number of carbonyl (C=O) groups is 1. The van der Waals surface area contributed by atoms with E-state index in [-0.39, 0.29) is 23.2 Å². The van der Waals surface area contributed by atoms with Crippen molar-refractivity contribution in [2.24, 2.45) is 5.92 Å². The van der Waals surface area contributed by atoms with Gasteiger partial charge in [-0.2, -0.15) is 5.10 Å². The third kappa shape index (κ3) is 4.40. The van der Waals surface area contributed by atoms with Crippen LogP contribution in [0.15, 0.2) is 12.3 Å². The van der Waals surface area contributed by atoms with Crippen LogP contribution in [0.1, 0.15) is 51.3 Å². The molecule has 118 valence electrons. The molecule has 1 fully saturated rings. The molecule has 6 heteroatoms. The number of hydrogen-bond acceptors (Lipinski definition) is 4. The number of rotatable bonds is 7. The molecule has 0 aromatic carbocycles. The fourth-order valence-corrected chi connectivity index (χ4v) is 4.83. The number of Topliss-reactive ketones (excluding diaryl/α,β-unsaturated/α-hetero) is 1. The minimum absolute atomic E-state index is 0.00335. The van der Waals surface area contributed by atoms with Crippen LogP contribution in [-0.4, -0.2) is 35.5 Å². The van der Waals surface area contributed by atoms with Crippen LogP contribution >= 0.6 is 0 Å². The second-order valence-corrected chi connectivity index (χ2v) is 8.17. The summed E-state index contributed by atoms with van der Waals surface area (Å²) in [5.74, 6) is 0.491. The molecule has 1 aliphatic rings. The highest BCUT2D eigenvalue weighted by Gasteiger charge is 2.29. The Morgan fingerprint density at radius 3 is 2.71 bits per heavy atom. The number of sulfone groups is 1. The number of nitrogens with zero attached hydrogens (tertiary/aromatic N) is 2. The molecule has 1 aromatic heterocycles. The number of aromatic nitrogens is 2. The predicted octanol–water partition coefficient (Wildman–Crippen LogP) is 2.18. The SMILES string of the molecule is CCC(CC)n1ccc(CC(=O)CC2CCS(=O)(=O)C2)n1. The summed E-state index contributed by atoms with van der Waals surface area (Å²) in [5, 5.41) is 4.47. The van der Waals surface area contributed by atoms with Crippen molar-refractivity contribution < 1.29 is 13.2 Å². The molecule has 1 aliphatic heterocycles. The Morgan fingerprint density at radius 1 is 1.43 bits per heavy atom. The first-order valence-corrected chi connectivity index (χ1v) is 9.51. The third-order valence-corrected chi connectivity index (χ3v) is 6.04. The third-order valence-electron chi connectivity index (χ3n) is 4.20. The van der Waals surface area contributed by atoms with Crippen molar-refractivity contribution in [3.8, 4) is 0 Å². The van der Waals surface area contributed by atoms with Gasteiger partial charge >= 0.3 is 0 Å². The fraction of sp³-hybridized carbons (Fsp3) is 0.733. The van der Waals surface area contributed by atoms with E-state index in [1.165, 1.54) is 0 Å². The second kappa shape index (κ2) is 6.73. The van der Waals surface area contributed by atoms with E-state index in [1.807, 2.05) is 16.9 Å². The highest BCUT2D eigenvalue weighted by Crippen LogP contribution is 2.22. The van der Waals surface area contributed by atoms with Crippen LogP contribution in [0.3, 0.4) is 0 Å². The second-order valence-electron chi connectivity index (χ2n) is 5.95. The molecule has 2 heterocycles. The molecule has 21 heavy (non-hydrogen) atoms. The summed E-state index contributed by atoms with van der Waals surface area (Å²) >= 11 is 0. The van der Waals surface area contributed by atoms with Crippen molar-refractivity contribution in [1.29, 1.82) is 0 Å². The average Bonchev–Trinajstić information content (AvgIpc) is 2.98. The maximum atomic E-state index is 12.1. The minimum atomic E-state index is -2.90. The lowest BCUT2D eigenvalue weighted by Gasteiger charge is -2.12. The maximum absolute atomic E-state index is 12.1. The van der Waals surface area contributed by atoms with Gasteiger partial charge in [0.05, 0.1) is 29.7 Å². The van der Waals surface area contributed by atoms with Gasteiger partial charge in [0.1, 0.15) is 5.78 Å². The molecule has 1 saturated heterocycles. The van der Waals surface area contributed by atoms with E-state index in [4.69, 9.17) is 0 Å². The Labute approximate surface area is 126 Å². The Bertz CT molecular complexity index is 588. The highest BCUT2D eigenvalue weighted by atomic mass is 32.2. The van der Waals surface area contributed by atoms with E-state index >= 15 is 0 Å². The molecule has 0 saturated carbocycles. The molecule has 1 unspecified atom stereocenters. The van der Waals surface area contributed by atoms with Crippen LogP contribution in [-0.2, 0) is 21.1 Å². The van der Waals surface area contributed by atoms with Crippen molar-refractivity contribution in [1.82, 2.24) is 9.78 Å². The zero-order chi connectivity index (χ0) is 15.5. The maximum Gasteiger partial charge on any atom is 0.150 e. The largest absolute Gasteiger partial charge is 0.299 e. The standard InChI is InChI=1S/C15H24N2O3S/c1-3-14(4-2)17-7-5-13(16-17)10-15(18)9-12-6-8-21(19,20)11-12/h5,7,12,14H,3-4,6,8-11H2,1-2H3. The zero-order valence-corrected chi connectivity index (χ0v) is 13.6. The lowest BCUT2D eigenvalue weighted by atomic mass is 10.00. The molecular formula is C15H24N2O3S. The quantitative estimate of drug-likeness (QED) is 0.774. The van der Waals surface area contributed by atoms with E-state index < -0.39 is 9.84 Å². The van der Waals surface area contributed by atoms with Crippen molar-refractivity contribution in [2.75, 3.05) is 11.5 Å². The predicted molar refractivity (Wildman–Crippen MR) is 81.9 cm³/mol. The molecule has 0 N–H and O–H groups in total. The van der Waals surface area contributed by atoms with Crippen molar-refractivity contribution >= 4 is 15.6 Å². The van der Waals surface area contributed by atoms with Gasteiger partial charge in [-0.3, -0.25) is 9.48 Å². The van der Waals surface area contributed by atoms with Crippen molar-refractivity contribution in [3.63, 3.8) is 0 Å². The summed E-state index contributed by atoms with van der Waals surface area (Å²) < 4.78 is 24.7. The molecule has 0 bridgehead atoms. The molecule has 0 spiro atoms. The van der Waals surface area contributed by atoms with E-state index in [9.17, 15) is 13.2 Å². The fourth-order valence-electron chi connectivity index (χ4n) is 2.97. The molecule has 5 nitrogen and oxygen atoms in total. The minimum Gasteiger partial charge on any atom is -0.299 e. The smallest absolute Gasteiger partial charge is 0.150 e. The number of hydrogen-bond donors (Lipinski definition) is 0. The van der Waals surface area contributed by atoms with E-state index in [0.29, 0.717) is 25.3 Å². The molecule has 0 amide bonds. The molecule has 1 atom stereocenters. The molecule has 0 aliphatic carbocycles. The average molecular weight is 312 g/mol. The summed E-state index contributed by atoms with van der Waals surface area (Å²) in [6.45, 7) is 4.25. The molecule has 2 rings (SSSR count). The lowest BCUT2D eigenvalue weighted by molar-refractivity contribution is -0.119. The van der Waals surface area contributed by atoms with Crippen molar-refractivity contribution in [3.05, 3.63) is 18.0 Å². The Balaban J connectivity index is 1.88. The Kier molecular flexibility index (Phi) is 5.19. The lowest BCUT2D eigenvalue weighted by Crippen LogP contribution is -2.13. The Morgan fingerprint density at radius 2 is 2.14 bits per heavy atom. The summed E-state index contributed by atoms with van der Waals surface area (Å²) in [6.07, 6.45) is 5.26. The van der Waals surface area contributed by atoms with Crippen LogP contribution in [0, 0.1) is 5.92 Å². The first-order valence-electron chi connectivity index (χ1n) is 7.69. The summed E-state index contributed by atoms with van der Waals surface area (Å²) in [6, 6.07) is 2.27. The summed E-state index contributed by atoms with van der Waals surface area (Å²) in [7, 11) is -2.90. The van der Waals surface area contributed by atoms with Gasteiger partial charge in [-0.05, 0) is 31.2 Å². The molecular weight excluding hydrogens is 288 g/mol. The monoisotopic (exact) mass is 312 g/mol. The van der Waals surface area contributed by atoms with E-state index in [0.717, 1.165) is 18.5 Å². The van der Waals surface area contributed by atoms with Crippen LogP contribution in [0.2, 0.25) is 0 Å². The van der Waals surface area contributed by atoms with Crippen LogP contribution in [0.25, 0.3) is 0 Å². The number of carbonyl (C=O) groups excluding carboxylic acids is 1. The van der Waals surface area contributed by atoms with Crippen molar-refractivity contribution in [2.45, 2.75) is 52.0 Å². The first kappa shape index (κ1) is 16.2. The van der Waals surface area contributed by atoms with Gasteiger partial charge in [0.15, 0.2) is 9.84 Å². The summed E-state index contributed by atoms with van der Waals surface area (Å²) in [4.78, 5) is 12.1. The highest BCUT2D eigenvalue weighted by molar-refractivity contribution is 7.91. The van der Waals surface area contributed by atoms with Gasteiger partial charge in [-0.1, -0.05) is 13.8 Å². The van der Waals surface area contributed by atoms with Crippen LogP contribution < -0.4 is 0 Å². The first-order chi connectivity index (χ1) is 9.93.